The van der Waals surface area contributed by atoms with Gasteiger partial charge >= 0.3 is 0 Å². The Bertz CT molecular complexity index is 686. The first-order valence-electron chi connectivity index (χ1n) is 12.2. The SMILES string of the molecule is CN=C(NCC(c1ccccc1OC)N1CCCCC1)N1CCC(OCCCOC)CC1. The summed E-state index contributed by atoms with van der Waals surface area (Å²) in [4.78, 5) is 9.57. The lowest BCUT2D eigenvalue weighted by Gasteiger charge is -2.38. The molecule has 1 N–H and O–H groups in total. The molecule has 0 amide bonds. The highest BCUT2D eigenvalue weighted by Crippen LogP contribution is 2.31. The number of aliphatic imine (C=N–C) groups is 1. The summed E-state index contributed by atoms with van der Waals surface area (Å²) in [7, 11) is 5.38. The van der Waals surface area contributed by atoms with E-state index in [1.165, 1.54) is 24.8 Å². The summed E-state index contributed by atoms with van der Waals surface area (Å²) in [6.45, 7) is 6.57. The van der Waals surface area contributed by atoms with E-state index in [4.69, 9.17) is 14.2 Å². The molecule has 32 heavy (non-hydrogen) atoms. The second-order valence-electron chi connectivity index (χ2n) is 8.69. The van der Waals surface area contributed by atoms with Crippen molar-refractivity contribution in [2.75, 3.05) is 67.2 Å². The molecule has 3 rings (SSSR count). The second-order valence-corrected chi connectivity index (χ2v) is 8.69. The monoisotopic (exact) mass is 446 g/mol. The molecule has 180 valence electrons. The standard InChI is InChI=1S/C25H42N4O3/c1-26-25(29-16-12-21(13-17-29)32-19-9-18-30-2)27-20-23(28-14-7-4-8-15-28)22-10-5-6-11-24(22)31-3/h5-6,10-11,21,23H,4,7-9,12-20H2,1-3H3,(H,26,27). The molecular formula is C25H42N4O3. The lowest BCUT2D eigenvalue weighted by molar-refractivity contribution is 0.00984. The van der Waals surface area contributed by atoms with E-state index in [2.05, 4.69) is 38.3 Å². The van der Waals surface area contributed by atoms with Crippen molar-refractivity contribution < 1.29 is 14.2 Å². The number of nitrogens with one attached hydrogen (secondary N) is 1. The van der Waals surface area contributed by atoms with Crippen LogP contribution in [0.15, 0.2) is 29.3 Å². The molecule has 0 bridgehead atoms. The number of para-hydroxylation sites is 1. The van der Waals surface area contributed by atoms with E-state index in [1.807, 2.05) is 13.1 Å². The second kappa shape index (κ2) is 13.7. The summed E-state index contributed by atoms with van der Waals surface area (Å²) in [5.74, 6) is 1.95. The van der Waals surface area contributed by atoms with Crippen LogP contribution in [0.3, 0.4) is 0 Å². The summed E-state index contributed by atoms with van der Waals surface area (Å²) in [6, 6.07) is 8.70. The van der Waals surface area contributed by atoms with Gasteiger partial charge in [-0.1, -0.05) is 24.6 Å². The topological polar surface area (TPSA) is 58.6 Å². The van der Waals surface area contributed by atoms with Crippen molar-refractivity contribution in [3.05, 3.63) is 29.8 Å². The van der Waals surface area contributed by atoms with E-state index in [0.29, 0.717) is 6.10 Å². The predicted molar refractivity (Wildman–Crippen MR) is 130 cm³/mol. The van der Waals surface area contributed by atoms with Gasteiger partial charge in [0.25, 0.3) is 0 Å². The Morgan fingerprint density at radius 1 is 1.06 bits per heavy atom. The highest BCUT2D eigenvalue weighted by molar-refractivity contribution is 5.80. The number of guanidine groups is 1. The molecular weight excluding hydrogens is 404 g/mol. The number of hydrogen-bond donors (Lipinski definition) is 1. The van der Waals surface area contributed by atoms with Crippen molar-refractivity contribution in [3.8, 4) is 5.75 Å². The van der Waals surface area contributed by atoms with Crippen LogP contribution in [0.25, 0.3) is 0 Å². The Labute approximate surface area is 194 Å². The van der Waals surface area contributed by atoms with Crippen LogP contribution in [-0.4, -0.2) is 89.1 Å². The third-order valence-electron chi connectivity index (χ3n) is 6.58. The molecule has 2 aliphatic rings. The van der Waals surface area contributed by atoms with E-state index in [0.717, 1.165) is 76.9 Å². The molecule has 2 heterocycles. The molecule has 7 heteroatoms. The quantitative estimate of drug-likeness (QED) is 0.338. The minimum Gasteiger partial charge on any atom is -0.496 e. The third-order valence-corrected chi connectivity index (χ3v) is 6.58. The van der Waals surface area contributed by atoms with Crippen LogP contribution in [0, 0.1) is 0 Å². The lowest BCUT2D eigenvalue weighted by Crippen LogP contribution is -2.49. The van der Waals surface area contributed by atoms with E-state index >= 15 is 0 Å². The van der Waals surface area contributed by atoms with Gasteiger partial charge in [0.2, 0.25) is 0 Å². The number of rotatable bonds is 10. The van der Waals surface area contributed by atoms with Crippen LogP contribution in [0.5, 0.6) is 5.75 Å². The van der Waals surface area contributed by atoms with Crippen LogP contribution in [-0.2, 0) is 9.47 Å². The summed E-state index contributed by atoms with van der Waals surface area (Å²) in [5, 5.41) is 3.68. The van der Waals surface area contributed by atoms with Gasteiger partial charge in [-0.05, 0) is 51.3 Å². The van der Waals surface area contributed by atoms with Crippen molar-refractivity contribution in [2.45, 2.75) is 50.7 Å². The molecule has 1 unspecified atom stereocenters. The Kier molecular flexibility index (Phi) is 10.6. The normalized spacial score (nSPS) is 19.7. The van der Waals surface area contributed by atoms with Crippen LogP contribution < -0.4 is 10.1 Å². The molecule has 2 aliphatic heterocycles. The van der Waals surface area contributed by atoms with E-state index in [1.54, 1.807) is 14.2 Å². The minimum atomic E-state index is 0.268. The number of likely N-dealkylation sites (tertiary alicyclic amines) is 2. The maximum Gasteiger partial charge on any atom is 0.193 e. The van der Waals surface area contributed by atoms with Crippen LogP contribution in [0.1, 0.15) is 50.1 Å². The lowest BCUT2D eigenvalue weighted by atomic mass is 10.0. The smallest absolute Gasteiger partial charge is 0.193 e. The number of hydrogen-bond acceptors (Lipinski definition) is 5. The predicted octanol–water partition coefficient (Wildman–Crippen LogP) is 3.32. The molecule has 1 atom stereocenters. The molecule has 0 aliphatic carbocycles. The summed E-state index contributed by atoms with van der Waals surface area (Å²) in [5.41, 5.74) is 1.25. The fourth-order valence-electron chi connectivity index (χ4n) is 4.82. The number of ether oxygens (including phenoxy) is 3. The zero-order valence-corrected chi connectivity index (χ0v) is 20.2. The average molecular weight is 447 g/mol. The number of benzene rings is 1. The van der Waals surface area contributed by atoms with Gasteiger partial charge in [0.15, 0.2) is 5.96 Å². The first kappa shape index (κ1) is 24.8. The fraction of sp³-hybridized carbons (Fsp3) is 0.720. The Morgan fingerprint density at radius 2 is 1.81 bits per heavy atom. The molecule has 0 aromatic heterocycles. The van der Waals surface area contributed by atoms with Gasteiger partial charge < -0.3 is 24.4 Å². The van der Waals surface area contributed by atoms with E-state index in [-0.39, 0.29) is 6.04 Å². The van der Waals surface area contributed by atoms with Crippen LogP contribution in [0.2, 0.25) is 0 Å². The Balaban J connectivity index is 1.57. The third kappa shape index (κ3) is 7.09. The molecule has 1 aromatic carbocycles. The zero-order chi connectivity index (χ0) is 22.6. The largest absolute Gasteiger partial charge is 0.496 e. The molecule has 0 saturated carbocycles. The fourth-order valence-corrected chi connectivity index (χ4v) is 4.82. The van der Waals surface area contributed by atoms with Gasteiger partial charge in [0.05, 0.1) is 19.3 Å². The summed E-state index contributed by atoms with van der Waals surface area (Å²) >= 11 is 0. The number of piperidine rings is 2. The molecule has 2 fully saturated rings. The Morgan fingerprint density at radius 3 is 2.50 bits per heavy atom. The highest BCUT2D eigenvalue weighted by Gasteiger charge is 2.27. The van der Waals surface area contributed by atoms with Gasteiger partial charge in [0, 0.05) is 52.6 Å². The Hall–Kier alpha value is -1.83. The van der Waals surface area contributed by atoms with E-state index < -0.39 is 0 Å². The van der Waals surface area contributed by atoms with Gasteiger partial charge in [-0.25, -0.2) is 0 Å². The maximum absolute atomic E-state index is 6.02. The first-order chi connectivity index (χ1) is 15.8. The van der Waals surface area contributed by atoms with Crippen LogP contribution in [0.4, 0.5) is 0 Å². The minimum absolute atomic E-state index is 0.268. The molecule has 1 aromatic rings. The van der Waals surface area contributed by atoms with Crippen molar-refractivity contribution in [1.29, 1.82) is 0 Å². The molecule has 0 radical (unpaired) electrons. The number of methoxy groups -OCH3 is 2. The van der Waals surface area contributed by atoms with Crippen molar-refractivity contribution >= 4 is 5.96 Å². The van der Waals surface area contributed by atoms with Crippen molar-refractivity contribution in [3.63, 3.8) is 0 Å². The van der Waals surface area contributed by atoms with Crippen LogP contribution >= 0.6 is 0 Å². The highest BCUT2D eigenvalue weighted by atomic mass is 16.5. The van der Waals surface area contributed by atoms with Crippen molar-refractivity contribution in [2.24, 2.45) is 4.99 Å². The van der Waals surface area contributed by atoms with E-state index in [9.17, 15) is 0 Å². The maximum atomic E-state index is 6.02. The molecule has 0 spiro atoms. The van der Waals surface area contributed by atoms with Crippen molar-refractivity contribution in [1.82, 2.24) is 15.1 Å². The molecule has 7 nitrogen and oxygen atoms in total. The molecule has 2 saturated heterocycles. The zero-order valence-electron chi connectivity index (χ0n) is 20.2. The summed E-state index contributed by atoms with van der Waals surface area (Å²) < 4.78 is 16.8. The van der Waals surface area contributed by atoms with Gasteiger partial charge in [-0.15, -0.1) is 0 Å². The number of nitrogens with zero attached hydrogens (tertiary/aromatic N) is 3. The van der Waals surface area contributed by atoms with Gasteiger partial charge in [0.1, 0.15) is 5.75 Å². The van der Waals surface area contributed by atoms with Gasteiger partial charge in [-0.3, -0.25) is 9.89 Å². The average Bonchev–Trinajstić information content (AvgIpc) is 2.86. The van der Waals surface area contributed by atoms with Gasteiger partial charge in [-0.2, -0.15) is 0 Å². The summed E-state index contributed by atoms with van der Waals surface area (Å²) in [6.07, 6.45) is 7.23. The first-order valence-corrected chi connectivity index (χ1v) is 12.2.